The molecule has 2 aromatic rings. The maximum atomic E-state index is 13.9. The fourth-order valence-corrected chi connectivity index (χ4v) is 3.26. The van der Waals surface area contributed by atoms with E-state index in [0.717, 1.165) is 27.9 Å². The van der Waals surface area contributed by atoms with Gasteiger partial charge in [-0.15, -0.1) is 23.1 Å². The Hall–Kier alpha value is -0.910. The van der Waals surface area contributed by atoms with Crippen molar-refractivity contribution in [3.8, 4) is 10.6 Å². The SMILES string of the molecule is CCNCc1cnc(-c2c(F)cccc2SC)s1. The summed E-state index contributed by atoms with van der Waals surface area (Å²) in [6.45, 7) is 3.77. The maximum Gasteiger partial charge on any atom is 0.134 e. The van der Waals surface area contributed by atoms with Crippen LogP contribution in [0.3, 0.4) is 0 Å². The van der Waals surface area contributed by atoms with Crippen molar-refractivity contribution in [1.82, 2.24) is 10.3 Å². The van der Waals surface area contributed by atoms with Crippen LogP contribution in [0.5, 0.6) is 0 Å². The first kappa shape index (κ1) is 13.5. The molecule has 0 amide bonds. The summed E-state index contributed by atoms with van der Waals surface area (Å²) < 4.78 is 13.9. The van der Waals surface area contributed by atoms with Gasteiger partial charge in [-0.1, -0.05) is 13.0 Å². The normalized spacial score (nSPS) is 10.8. The number of nitrogens with one attached hydrogen (secondary N) is 1. The standard InChI is InChI=1S/C13H15FN2S2/c1-3-15-7-9-8-16-13(18-9)12-10(14)5-4-6-11(12)17-2/h4-6,8,15H,3,7H2,1-2H3. The second kappa shape index (κ2) is 6.31. The summed E-state index contributed by atoms with van der Waals surface area (Å²) in [5.41, 5.74) is 0.623. The number of benzene rings is 1. The molecular weight excluding hydrogens is 267 g/mol. The Kier molecular flexibility index (Phi) is 4.74. The lowest BCUT2D eigenvalue weighted by atomic mass is 10.2. The van der Waals surface area contributed by atoms with Crippen molar-refractivity contribution in [2.24, 2.45) is 0 Å². The monoisotopic (exact) mass is 282 g/mol. The van der Waals surface area contributed by atoms with Crippen molar-refractivity contribution < 1.29 is 4.39 Å². The van der Waals surface area contributed by atoms with Gasteiger partial charge >= 0.3 is 0 Å². The van der Waals surface area contributed by atoms with E-state index in [1.54, 1.807) is 29.2 Å². The molecule has 5 heteroatoms. The van der Waals surface area contributed by atoms with Gasteiger partial charge in [-0.05, 0) is 24.9 Å². The second-order valence-corrected chi connectivity index (χ2v) is 5.69. The Morgan fingerprint density at radius 2 is 2.28 bits per heavy atom. The molecule has 96 valence electrons. The number of hydrogen-bond donors (Lipinski definition) is 1. The van der Waals surface area contributed by atoms with Gasteiger partial charge in [-0.25, -0.2) is 9.37 Å². The topological polar surface area (TPSA) is 24.9 Å². The van der Waals surface area contributed by atoms with Crippen molar-refractivity contribution in [3.63, 3.8) is 0 Å². The Morgan fingerprint density at radius 1 is 1.44 bits per heavy atom. The largest absolute Gasteiger partial charge is 0.312 e. The van der Waals surface area contributed by atoms with Crippen LogP contribution < -0.4 is 5.32 Å². The predicted molar refractivity (Wildman–Crippen MR) is 76.7 cm³/mol. The Labute approximate surface area is 115 Å². The second-order valence-electron chi connectivity index (χ2n) is 3.73. The third-order valence-electron chi connectivity index (χ3n) is 2.51. The Morgan fingerprint density at radius 3 is 3.00 bits per heavy atom. The summed E-state index contributed by atoms with van der Waals surface area (Å²) >= 11 is 3.09. The molecule has 18 heavy (non-hydrogen) atoms. The zero-order valence-electron chi connectivity index (χ0n) is 10.4. The molecule has 0 bridgehead atoms. The average Bonchev–Trinajstić information content (AvgIpc) is 2.84. The number of halogens is 1. The van der Waals surface area contributed by atoms with E-state index in [2.05, 4.69) is 17.2 Å². The zero-order chi connectivity index (χ0) is 13.0. The molecule has 1 N–H and O–H groups in total. The van der Waals surface area contributed by atoms with Crippen LogP contribution in [0.25, 0.3) is 10.6 Å². The van der Waals surface area contributed by atoms with Gasteiger partial charge in [0.15, 0.2) is 0 Å². The van der Waals surface area contributed by atoms with Gasteiger partial charge in [0.2, 0.25) is 0 Å². The summed E-state index contributed by atoms with van der Waals surface area (Å²) in [6, 6.07) is 5.15. The molecular formula is C13H15FN2S2. The molecule has 1 heterocycles. The Bertz CT molecular complexity index is 525. The van der Waals surface area contributed by atoms with E-state index in [1.165, 1.54) is 6.07 Å². The molecule has 0 unspecified atom stereocenters. The summed E-state index contributed by atoms with van der Waals surface area (Å²) in [5.74, 6) is -0.203. The number of rotatable bonds is 5. The van der Waals surface area contributed by atoms with Crippen LogP contribution >= 0.6 is 23.1 Å². The van der Waals surface area contributed by atoms with Gasteiger partial charge in [0, 0.05) is 22.5 Å². The average molecular weight is 282 g/mol. The minimum Gasteiger partial charge on any atom is -0.312 e. The molecule has 0 saturated heterocycles. The quantitative estimate of drug-likeness (QED) is 0.845. The van der Waals surface area contributed by atoms with Crippen LogP contribution in [0.4, 0.5) is 4.39 Å². The van der Waals surface area contributed by atoms with Gasteiger partial charge in [-0.3, -0.25) is 0 Å². The van der Waals surface area contributed by atoms with Crippen LogP contribution in [0.2, 0.25) is 0 Å². The first-order valence-electron chi connectivity index (χ1n) is 5.74. The van der Waals surface area contributed by atoms with E-state index in [9.17, 15) is 4.39 Å². The molecule has 0 aliphatic heterocycles. The van der Waals surface area contributed by atoms with E-state index < -0.39 is 0 Å². The smallest absolute Gasteiger partial charge is 0.134 e. The van der Waals surface area contributed by atoms with Crippen LogP contribution in [0, 0.1) is 5.82 Å². The lowest BCUT2D eigenvalue weighted by Crippen LogP contribution is -2.10. The highest BCUT2D eigenvalue weighted by molar-refractivity contribution is 7.98. The molecule has 2 rings (SSSR count). The van der Waals surface area contributed by atoms with Crippen LogP contribution in [0.15, 0.2) is 29.3 Å². The molecule has 0 spiro atoms. The van der Waals surface area contributed by atoms with Gasteiger partial charge in [0.1, 0.15) is 10.8 Å². The van der Waals surface area contributed by atoms with Crippen LogP contribution in [-0.2, 0) is 6.54 Å². The van der Waals surface area contributed by atoms with Crippen molar-refractivity contribution in [2.75, 3.05) is 12.8 Å². The number of aromatic nitrogens is 1. The van der Waals surface area contributed by atoms with Gasteiger partial charge < -0.3 is 5.32 Å². The zero-order valence-corrected chi connectivity index (χ0v) is 12.0. The predicted octanol–water partition coefficient (Wildman–Crippen LogP) is 3.78. The van der Waals surface area contributed by atoms with E-state index >= 15 is 0 Å². The fraction of sp³-hybridized carbons (Fsp3) is 0.308. The highest BCUT2D eigenvalue weighted by Gasteiger charge is 2.13. The van der Waals surface area contributed by atoms with Crippen molar-refractivity contribution >= 4 is 23.1 Å². The van der Waals surface area contributed by atoms with Crippen molar-refractivity contribution in [2.45, 2.75) is 18.4 Å². The van der Waals surface area contributed by atoms with E-state index in [1.807, 2.05) is 18.5 Å². The highest BCUT2D eigenvalue weighted by Crippen LogP contribution is 2.34. The van der Waals surface area contributed by atoms with Gasteiger partial charge in [-0.2, -0.15) is 0 Å². The minimum atomic E-state index is -0.203. The summed E-state index contributed by atoms with van der Waals surface area (Å²) in [4.78, 5) is 6.39. The number of hydrogen-bond acceptors (Lipinski definition) is 4. The molecule has 0 fully saturated rings. The molecule has 0 aliphatic carbocycles. The third-order valence-corrected chi connectivity index (χ3v) is 4.31. The maximum absolute atomic E-state index is 13.9. The first-order valence-corrected chi connectivity index (χ1v) is 7.78. The lowest BCUT2D eigenvalue weighted by molar-refractivity contribution is 0.628. The van der Waals surface area contributed by atoms with Crippen LogP contribution in [-0.4, -0.2) is 17.8 Å². The van der Waals surface area contributed by atoms with Crippen LogP contribution in [0.1, 0.15) is 11.8 Å². The van der Waals surface area contributed by atoms with E-state index in [0.29, 0.717) is 5.56 Å². The molecule has 1 aromatic heterocycles. The van der Waals surface area contributed by atoms with Gasteiger partial charge in [0.25, 0.3) is 0 Å². The molecule has 1 aromatic carbocycles. The summed E-state index contributed by atoms with van der Waals surface area (Å²) in [6.07, 6.45) is 3.77. The van der Waals surface area contributed by atoms with Gasteiger partial charge in [0.05, 0.1) is 5.56 Å². The molecule has 0 saturated carbocycles. The third kappa shape index (κ3) is 2.91. The molecule has 0 radical (unpaired) electrons. The molecule has 2 nitrogen and oxygen atoms in total. The summed E-state index contributed by atoms with van der Waals surface area (Å²) in [7, 11) is 0. The number of thiazole rings is 1. The summed E-state index contributed by atoms with van der Waals surface area (Å²) in [5, 5.41) is 4.00. The van der Waals surface area contributed by atoms with E-state index in [-0.39, 0.29) is 5.82 Å². The Balaban J connectivity index is 2.33. The van der Waals surface area contributed by atoms with E-state index in [4.69, 9.17) is 0 Å². The first-order chi connectivity index (χ1) is 8.76. The van der Waals surface area contributed by atoms with Crippen molar-refractivity contribution in [3.05, 3.63) is 35.1 Å². The number of nitrogens with zero attached hydrogens (tertiary/aromatic N) is 1. The molecule has 0 atom stereocenters. The fourth-order valence-electron chi connectivity index (χ4n) is 1.64. The lowest BCUT2D eigenvalue weighted by Gasteiger charge is -2.05. The highest BCUT2D eigenvalue weighted by atomic mass is 32.2. The van der Waals surface area contributed by atoms with Crippen molar-refractivity contribution in [1.29, 1.82) is 0 Å². The number of thioether (sulfide) groups is 1. The minimum absolute atomic E-state index is 0.203. The molecule has 0 aliphatic rings.